The van der Waals surface area contributed by atoms with E-state index in [2.05, 4.69) is 19.2 Å². The van der Waals surface area contributed by atoms with Gasteiger partial charge in [-0.15, -0.1) is 0 Å². The van der Waals surface area contributed by atoms with Gasteiger partial charge in [-0.3, -0.25) is 9.69 Å². The van der Waals surface area contributed by atoms with Crippen LogP contribution in [-0.2, 0) is 11.0 Å². The monoisotopic (exact) mass is 423 g/mol. The Kier molecular flexibility index (Phi) is 6.00. The lowest BCUT2D eigenvalue weighted by Gasteiger charge is -2.19. The zero-order valence-corrected chi connectivity index (χ0v) is 16.5. The van der Waals surface area contributed by atoms with E-state index in [1.165, 1.54) is 9.80 Å². The minimum absolute atomic E-state index is 0.193. The van der Waals surface area contributed by atoms with Gasteiger partial charge in [0.2, 0.25) is 5.91 Å². The van der Waals surface area contributed by atoms with Crippen LogP contribution in [0.3, 0.4) is 0 Å². The van der Waals surface area contributed by atoms with Crippen LogP contribution in [0.4, 0.5) is 33.7 Å². The van der Waals surface area contributed by atoms with Crippen molar-refractivity contribution in [1.82, 2.24) is 4.90 Å². The molecular formula is C21H21F4N3O2. The molecule has 0 aliphatic carbocycles. The van der Waals surface area contributed by atoms with Gasteiger partial charge in [-0.2, -0.15) is 13.2 Å². The van der Waals surface area contributed by atoms with Crippen molar-refractivity contribution >= 4 is 23.3 Å². The predicted octanol–water partition coefficient (Wildman–Crippen LogP) is 4.85. The molecule has 1 saturated heterocycles. The van der Waals surface area contributed by atoms with Crippen LogP contribution in [-0.4, -0.2) is 36.5 Å². The summed E-state index contributed by atoms with van der Waals surface area (Å²) in [6.45, 7) is 4.50. The molecule has 1 heterocycles. The number of hydrogen-bond acceptors (Lipinski definition) is 2. The first-order valence-electron chi connectivity index (χ1n) is 9.39. The van der Waals surface area contributed by atoms with Crippen LogP contribution < -0.4 is 10.2 Å². The number of carbonyl (C=O) groups is 2. The van der Waals surface area contributed by atoms with Crippen LogP contribution in [0.2, 0.25) is 0 Å². The maximum absolute atomic E-state index is 13.4. The quantitative estimate of drug-likeness (QED) is 0.699. The van der Waals surface area contributed by atoms with Gasteiger partial charge in [-0.25, -0.2) is 9.18 Å². The van der Waals surface area contributed by atoms with Gasteiger partial charge in [0.05, 0.1) is 5.56 Å². The van der Waals surface area contributed by atoms with Crippen LogP contribution in [0.1, 0.15) is 30.9 Å². The second-order valence-corrected chi connectivity index (χ2v) is 7.34. The van der Waals surface area contributed by atoms with E-state index >= 15 is 0 Å². The summed E-state index contributed by atoms with van der Waals surface area (Å²) in [5.41, 5.74) is 0.190. The van der Waals surface area contributed by atoms with Gasteiger partial charge in [0.25, 0.3) is 0 Å². The second kappa shape index (κ2) is 8.33. The third kappa shape index (κ3) is 4.72. The van der Waals surface area contributed by atoms with E-state index in [0.717, 1.165) is 11.6 Å². The molecule has 30 heavy (non-hydrogen) atoms. The van der Waals surface area contributed by atoms with Gasteiger partial charge >= 0.3 is 12.2 Å². The standard InChI is InChI=1S/C21H21F4N3O2/c1-13(2)14-3-6-16(7-4-14)28-10-9-27(20(28)30)12-19(29)26-15-5-8-18(22)17(11-15)21(23,24)25/h3-8,11,13H,9-10,12H2,1-2H3,(H,26,29). The van der Waals surface area contributed by atoms with Crippen LogP contribution in [0, 0.1) is 5.82 Å². The number of nitrogens with zero attached hydrogens (tertiary/aromatic N) is 2. The summed E-state index contributed by atoms with van der Waals surface area (Å²) in [6.07, 6.45) is -4.87. The fraction of sp³-hybridized carbons (Fsp3) is 0.333. The maximum Gasteiger partial charge on any atom is 0.419 e. The molecule has 5 nitrogen and oxygen atoms in total. The van der Waals surface area contributed by atoms with Gasteiger partial charge in [0.15, 0.2) is 0 Å². The van der Waals surface area contributed by atoms with Crippen molar-refractivity contribution in [2.75, 3.05) is 29.9 Å². The van der Waals surface area contributed by atoms with Gasteiger partial charge in [0.1, 0.15) is 12.4 Å². The number of anilines is 2. The minimum atomic E-state index is -4.87. The van der Waals surface area contributed by atoms with Crippen molar-refractivity contribution in [1.29, 1.82) is 0 Å². The van der Waals surface area contributed by atoms with E-state index < -0.39 is 23.5 Å². The van der Waals surface area contributed by atoms with Crippen LogP contribution >= 0.6 is 0 Å². The molecule has 3 rings (SSSR count). The fourth-order valence-electron chi connectivity index (χ4n) is 3.20. The number of urea groups is 1. The molecule has 0 atom stereocenters. The fourth-order valence-corrected chi connectivity index (χ4v) is 3.20. The molecule has 1 N–H and O–H groups in total. The van der Waals surface area contributed by atoms with Crippen molar-refractivity contribution in [2.45, 2.75) is 25.9 Å². The topological polar surface area (TPSA) is 52.6 Å². The minimum Gasteiger partial charge on any atom is -0.325 e. The summed E-state index contributed by atoms with van der Waals surface area (Å²) in [5.74, 6) is -1.73. The highest BCUT2D eigenvalue weighted by atomic mass is 19.4. The summed E-state index contributed by atoms with van der Waals surface area (Å²) in [7, 11) is 0. The molecule has 0 unspecified atom stereocenters. The van der Waals surface area contributed by atoms with E-state index in [1.54, 1.807) is 0 Å². The molecule has 0 radical (unpaired) electrons. The molecule has 1 fully saturated rings. The molecule has 0 saturated carbocycles. The molecule has 1 aliphatic heterocycles. The number of hydrogen-bond donors (Lipinski definition) is 1. The van der Waals surface area contributed by atoms with Gasteiger partial charge in [-0.05, 0) is 41.8 Å². The number of nitrogens with one attached hydrogen (secondary N) is 1. The Balaban J connectivity index is 1.63. The Morgan fingerprint density at radius 3 is 2.37 bits per heavy atom. The Morgan fingerprint density at radius 1 is 1.10 bits per heavy atom. The third-order valence-electron chi connectivity index (χ3n) is 4.86. The van der Waals surface area contributed by atoms with E-state index in [1.807, 2.05) is 24.3 Å². The Morgan fingerprint density at radius 2 is 1.77 bits per heavy atom. The molecule has 0 bridgehead atoms. The third-order valence-corrected chi connectivity index (χ3v) is 4.86. The molecule has 9 heteroatoms. The molecule has 160 valence electrons. The highest BCUT2D eigenvalue weighted by Crippen LogP contribution is 2.33. The number of amides is 3. The molecule has 0 aromatic heterocycles. The van der Waals surface area contributed by atoms with Crippen LogP contribution in [0.25, 0.3) is 0 Å². The SMILES string of the molecule is CC(C)c1ccc(N2CCN(CC(=O)Nc3ccc(F)c(C(F)(F)F)c3)C2=O)cc1. The zero-order chi connectivity index (χ0) is 22.1. The first-order valence-corrected chi connectivity index (χ1v) is 9.39. The molecule has 3 amide bonds. The summed E-state index contributed by atoms with van der Waals surface area (Å²) >= 11 is 0. The van der Waals surface area contributed by atoms with E-state index in [0.29, 0.717) is 36.8 Å². The lowest BCUT2D eigenvalue weighted by molar-refractivity contribution is -0.140. The summed E-state index contributed by atoms with van der Waals surface area (Å²) < 4.78 is 51.8. The lowest BCUT2D eigenvalue weighted by atomic mass is 10.0. The number of alkyl halides is 3. The zero-order valence-electron chi connectivity index (χ0n) is 16.5. The van der Waals surface area contributed by atoms with Crippen molar-refractivity contribution in [3.63, 3.8) is 0 Å². The Bertz CT molecular complexity index is 942. The average molecular weight is 423 g/mol. The number of rotatable bonds is 5. The molecular weight excluding hydrogens is 402 g/mol. The van der Waals surface area contributed by atoms with Gasteiger partial charge in [-0.1, -0.05) is 26.0 Å². The van der Waals surface area contributed by atoms with E-state index in [4.69, 9.17) is 0 Å². The number of carbonyl (C=O) groups excluding carboxylic acids is 2. The number of benzene rings is 2. The van der Waals surface area contributed by atoms with Crippen molar-refractivity contribution in [3.05, 3.63) is 59.4 Å². The highest BCUT2D eigenvalue weighted by Gasteiger charge is 2.35. The van der Waals surface area contributed by atoms with Crippen molar-refractivity contribution in [3.8, 4) is 0 Å². The Hall–Kier alpha value is -3.10. The molecule has 2 aromatic rings. The number of halogens is 4. The summed E-state index contributed by atoms with van der Waals surface area (Å²) in [5, 5.41) is 2.29. The molecule has 0 spiro atoms. The Labute approximate surface area is 171 Å². The summed E-state index contributed by atoms with van der Waals surface area (Å²) in [6, 6.07) is 9.41. The largest absolute Gasteiger partial charge is 0.419 e. The summed E-state index contributed by atoms with van der Waals surface area (Å²) in [4.78, 5) is 27.7. The van der Waals surface area contributed by atoms with Gasteiger partial charge in [0, 0.05) is 24.5 Å². The maximum atomic E-state index is 13.4. The lowest BCUT2D eigenvalue weighted by Crippen LogP contribution is -2.37. The average Bonchev–Trinajstić information content (AvgIpc) is 3.02. The molecule has 1 aliphatic rings. The van der Waals surface area contributed by atoms with Gasteiger partial charge < -0.3 is 10.2 Å². The van der Waals surface area contributed by atoms with Crippen LogP contribution in [0.5, 0.6) is 0 Å². The predicted molar refractivity (Wildman–Crippen MR) is 105 cm³/mol. The van der Waals surface area contributed by atoms with E-state index in [-0.39, 0.29) is 18.3 Å². The highest BCUT2D eigenvalue weighted by molar-refractivity contribution is 5.99. The first-order chi connectivity index (χ1) is 14.1. The first kappa shape index (κ1) is 21.6. The molecule has 2 aromatic carbocycles. The van der Waals surface area contributed by atoms with Crippen molar-refractivity contribution in [2.24, 2.45) is 0 Å². The second-order valence-electron chi connectivity index (χ2n) is 7.34. The normalized spacial score (nSPS) is 14.6. The smallest absolute Gasteiger partial charge is 0.325 e. The van der Waals surface area contributed by atoms with E-state index in [9.17, 15) is 27.2 Å². The van der Waals surface area contributed by atoms with Crippen molar-refractivity contribution < 1.29 is 27.2 Å². The van der Waals surface area contributed by atoms with Crippen LogP contribution in [0.15, 0.2) is 42.5 Å².